The quantitative estimate of drug-likeness (QED) is 0.808. The summed E-state index contributed by atoms with van der Waals surface area (Å²) < 4.78 is 0. The van der Waals surface area contributed by atoms with Crippen molar-refractivity contribution in [1.29, 1.82) is 0 Å². The molecule has 0 bridgehead atoms. The van der Waals surface area contributed by atoms with Crippen molar-refractivity contribution in [3.05, 3.63) is 16.1 Å². The highest BCUT2D eigenvalue weighted by atomic mass is 32.1. The van der Waals surface area contributed by atoms with Crippen LogP contribution in [0, 0.1) is 5.92 Å². The minimum Gasteiger partial charge on any atom is -0.311 e. The second-order valence-electron chi connectivity index (χ2n) is 4.41. The van der Waals surface area contributed by atoms with Gasteiger partial charge in [-0.3, -0.25) is 0 Å². The molecule has 1 aliphatic carbocycles. The van der Waals surface area contributed by atoms with Crippen molar-refractivity contribution in [3.63, 3.8) is 0 Å². The third-order valence-corrected chi connectivity index (χ3v) is 3.69. The number of hydrogen-bond acceptors (Lipinski definition) is 3. The molecule has 0 saturated heterocycles. The number of aromatic nitrogens is 1. The van der Waals surface area contributed by atoms with Gasteiger partial charge in [-0.25, -0.2) is 4.98 Å². The van der Waals surface area contributed by atoms with Crippen molar-refractivity contribution in [2.24, 2.45) is 5.92 Å². The monoisotopic (exact) mass is 210 g/mol. The van der Waals surface area contributed by atoms with Crippen molar-refractivity contribution in [2.75, 3.05) is 6.54 Å². The Bertz CT molecular complexity index is 289. The maximum absolute atomic E-state index is 4.58. The minimum atomic E-state index is 0.567. The molecule has 14 heavy (non-hydrogen) atoms. The van der Waals surface area contributed by atoms with Gasteiger partial charge < -0.3 is 5.32 Å². The third-order valence-electron chi connectivity index (χ3n) is 2.50. The molecule has 0 spiro atoms. The average molecular weight is 210 g/mol. The van der Waals surface area contributed by atoms with Crippen molar-refractivity contribution in [2.45, 2.75) is 39.2 Å². The Morgan fingerprint density at radius 1 is 1.57 bits per heavy atom. The first-order chi connectivity index (χ1) is 6.75. The lowest BCUT2D eigenvalue weighted by Crippen LogP contribution is -2.16. The minimum absolute atomic E-state index is 0.567. The fraction of sp³-hybridized carbons (Fsp3) is 0.727. The predicted molar refractivity (Wildman–Crippen MR) is 60.6 cm³/mol. The summed E-state index contributed by atoms with van der Waals surface area (Å²) in [5, 5.41) is 6.89. The summed E-state index contributed by atoms with van der Waals surface area (Å²) in [6.45, 7) is 6.51. The average Bonchev–Trinajstić information content (AvgIpc) is 2.82. The van der Waals surface area contributed by atoms with Gasteiger partial charge >= 0.3 is 0 Å². The van der Waals surface area contributed by atoms with Gasteiger partial charge in [0.25, 0.3) is 0 Å². The van der Waals surface area contributed by atoms with Gasteiger partial charge in [-0.05, 0) is 25.3 Å². The van der Waals surface area contributed by atoms with Gasteiger partial charge in [-0.15, -0.1) is 11.3 Å². The molecule has 0 amide bonds. The molecule has 1 N–H and O–H groups in total. The highest BCUT2D eigenvalue weighted by Crippen LogP contribution is 2.27. The first kappa shape index (κ1) is 10.1. The van der Waals surface area contributed by atoms with Crippen molar-refractivity contribution in [3.8, 4) is 0 Å². The summed E-state index contributed by atoms with van der Waals surface area (Å²) in [6, 6.07) is 0. The van der Waals surface area contributed by atoms with Crippen LogP contribution >= 0.6 is 11.3 Å². The summed E-state index contributed by atoms with van der Waals surface area (Å²) in [5.74, 6) is 1.52. The highest BCUT2D eigenvalue weighted by molar-refractivity contribution is 7.09. The Hall–Kier alpha value is -0.410. The molecule has 2 rings (SSSR count). The molecule has 0 atom stereocenters. The molecule has 0 aliphatic heterocycles. The number of nitrogens with zero attached hydrogens (tertiary/aromatic N) is 1. The van der Waals surface area contributed by atoms with Gasteiger partial charge in [0.2, 0.25) is 0 Å². The lowest BCUT2D eigenvalue weighted by molar-refractivity contribution is 0.630. The maximum atomic E-state index is 4.58. The van der Waals surface area contributed by atoms with E-state index in [4.69, 9.17) is 0 Å². The van der Waals surface area contributed by atoms with E-state index in [1.54, 1.807) is 11.3 Å². The molecule has 0 unspecified atom stereocenters. The molecule has 1 aliphatic rings. The van der Waals surface area contributed by atoms with Crippen molar-refractivity contribution in [1.82, 2.24) is 10.3 Å². The smallest absolute Gasteiger partial charge is 0.0954 e. The molecular formula is C11H18N2S. The van der Waals surface area contributed by atoms with Gasteiger partial charge in [0.1, 0.15) is 0 Å². The van der Waals surface area contributed by atoms with E-state index in [-0.39, 0.29) is 0 Å². The zero-order valence-corrected chi connectivity index (χ0v) is 9.73. The molecule has 1 aromatic heterocycles. The van der Waals surface area contributed by atoms with Crippen LogP contribution in [-0.4, -0.2) is 11.5 Å². The van der Waals surface area contributed by atoms with E-state index in [9.17, 15) is 0 Å². The second kappa shape index (κ2) is 4.41. The molecule has 1 aromatic rings. The first-order valence-electron chi connectivity index (χ1n) is 5.40. The number of hydrogen-bond donors (Lipinski definition) is 1. The maximum Gasteiger partial charge on any atom is 0.0954 e. The van der Waals surface area contributed by atoms with E-state index in [1.807, 2.05) is 0 Å². The summed E-state index contributed by atoms with van der Waals surface area (Å²) in [4.78, 5) is 4.58. The zero-order valence-electron chi connectivity index (χ0n) is 8.92. The van der Waals surface area contributed by atoms with Crippen molar-refractivity contribution < 1.29 is 0 Å². The lowest BCUT2D eigenvalue weighted by Gasteiger charge is -2.00. The molecule has 1 saturated carbocycles. The summed E-state index contributed by atoms with van der Waals surface area (Å²) in [7, 11) is 0. The van der Waals surface area contributed by atoms with Crippen LogP contribution in [0.3, 0.4) is 0 Å². The molecule has 0 aromatic carbocycles. The standard InChI is InChI=1S/C11H18N2S/c1-8(2)11-13-10(7-14-11)6-12-5-9-3-4-9/h7-9,12H,3-6H2,1-2H3. The van der Waals surface area contributed by atoms with Gasteiger partial charge in [0, 0.05) is 17.8 Å². The fourth-order valence-corrected chi connectivity index (χ4v) is 2.23. The van der Waals surface area contributed by atoms with E-state index in [1.165, 1.54) is 30.1 Å². The van der Waals surface area contributed by atoms with E-state index >= 15 is 0 Å². The van der Waals surface area contributed by atoms with E-state index in [2.05, 4.69) is 29.5 Å². The number of nitrogens with one attached hydrogen (secondary N) is 1. The first-order valence-corrected chi connectivity index (χ1v) is 6.28. The third kappa shape index (κ3) is 2.79. The summed E-state index contributed by atoms with van der Waals surface area (Å²) in [6.07, 6.45) is 2.84. The molecule has 78 valence electrons. The van der Waals surface area contributed by atoms with Crippen LogP contribution in [0.5, 0.6) is 0 Å². The Labute approximate surface area is 89.8 Å². The van der Waals surface area contributed by atoms with E-state index in [0.29, 0.717) is 5.92 Å². The lowest BCUT2D eigenvalue weighted by atomic mass is 10.2. The van der Waals surface area contributed by atoms with E-state index in [0.717, 1.165) is 12.5 Å². The molecule has 1 heterocycles. The fourth-order valence-electron chi connectivity index (χ4n) is 1.40. The zero-order chi connectivity index (χ0) is 9.97. The molecule has 3 heteroatoms. The van der Waals surface area contributed by atoms with Crippen LogP contribution in [0.1, 0.15) is 43.3 Å². The Morgan fingerprint density at radius 3 is 2.93 bits per heavy atom. The highest BCUT2D eigenvalue weighted by Gasteiger charge is 2.20. The van der Waals surface area contributed by atoms with Crippen LogP contribution in [-0.2, 0) is 6.54 Å². The number of thiazole rings is 1. The van der Waals surface area contributed by atoms with Gasteiger partial charge in [0.15, 0.2) is 0 Å². The second-order valence-corrected chi connectivity index (χ2v) is 5.30. The number of rotatable bonds is 5. The van der Waals surface area contributed by atoms with Gasteiger partial charge in [-0.1, -0.05) is 13.8 Å². The van der Waals surface area contributed by atoms with Crippen LogP contribution in [0.25, 0.3) is 0 Å². The predicted octanol–water partition coefficient (Wildman–Crippen LogP) is 2.77. The van der Waals surface area contributed by atoms with Crippen LogP contribution < -0.4 is 5.32 Å². The van der Waals surface area contributed by atoms with E-state index < -0.39 is 0 Å². The SMILES string of the molecule is CC(C)c1nc(CNCC2CC2)cs1. The Balaban J connectivity index is 1.77. The van der Waals surface area contributed by atoms with Gasteiger partial charge in [0.05, 0.1) is 10.7 Å². The van der Waals surface area contributed by atoms with Crippen LogP contribution in [0.2, 0.25) is 0 Å². The van der Waals surface area contributed by atoms with Crippen molar-refractivity contribution >= 4 is 11.3 Å². The molecular weight excluding hydrogens is 192 g/mol. The Kier molecular flexibility index (Phi) is 3.19. The molecule has 1 fully saturated rings. The van der Waals surface area contributed by atoms with Crippen LogP contribution in [0.15, 0.2) is 5.38 Å². The normalized spacial score (nSPS) is 16.5. The topological polar surface area (TPSA) is 24.9 Å². The molecule has 2 nitrogen and oxygen atoms in total. The Morgan fingerprint density at radius 2 is 2.36 bits per heavy atom. The van der Waals surface area contributed by atoms with Crippen LogP contribution in [0.4, 0.5) is 0 Å². The summed E-state index contributed by atoms with van der Waals surface area (Å²) >= 11 is 1.78. The largest absolute Gasteiger partial charge is 0.311 e. The van der Waals surface area contributed by atoms with Gasteiger partial charge in [-0.2, -0.15) is 0 Å². The summed E-state index contributed by atoms with van der Waals surface area (Å²) in [5.41, 5.74) is 1.21. The molecule has 0 radical (unpaired) electrons.